The maximum atomic E-state index is 13.1. The highest BCUT2D eigenvalue weighted by Crippen LogP contribution is 2.32. The molecule has 0 aliphatic carbocycles. The van der Waals surface area contributed by atoms with Crippen molar-refractivity contribution in [3.8, 4) is 22.7 Å². The van der Waals surface area contributed by atoms with E-state index in [-0.39, 0.29) is 22.2 Å². The van der Waals surface area contributed by atoms with Crippen LogP contribution in [0, 0.1) is 27.7 Å². The average Bonchev–Trinajstić information content (AvgIpc) is 0.777. The molecule has 8 nitrogen and oxygen atoms in total. The molecular weight excluding hydrogens is 1220 g/mol. The van der Waals surface area contributed by atoms with Crippen molar-refractivity contribution in [2.75, 3.05) is 0 Å². The summed E-state index contributed by atoms with van der Waals surface area (Å²) in [6.07, 6.45) is 0. The third-order valence-corrected chi connectivity index (χ3v) is 17.7. The zero-order valence-corrected chi connectivity index (χ0v) is 53.4. The van der Waals surface area contributed by atoms with E-state index >= 15 is 0 Å². The quantitative estimate of drug-likeness (QED) is 0.164. The van der Waals surface area contributed by atoms with E-state index < -0.39 is 0 Å². The van der Waals surface area contributed by atoms with E-state index in [4.69, 9.17) is 46.4 Å². The number of para-hydroxylation sites is 4. The van der Waals surface area contributed by atoms with E-state index in [9.17, 15) is 19.2 Å². The summed E-state index contributed by atoms with van der Waals surface area (Å²) in [5.41, 5.74) is 10.9. The predicted molar refractivity (Wildman–Crippen MR) is 387 cm³/mol. The molecule has 12 heteroatoms. The van der Waals surface area contributed by atoms with Crippen LogP contribution in [-0.2, 0) is 0 Å². The third-order valence-electron chi connectivity index (χ3n) is 16.8. The molecule has 0 atom stereocenters. The summed E-state index contributed by atoms with van der Waals surface area (Å²) in [7, 11) is 0. The Balaban J connectivity index is 0.000000112. The van der Waals surface area contributed by atoms with Crippen molar-refractivity contribution in [2.45, 2.75) is 27.7 Å². The molecule has 0 unspecified atom stereocenters. The van der Waals surface area contributed by atoms with Gasteiger partial charge in [-0.3, -0.25) is 37.4 Å². The molecule has 16 aromatic rings. The predicted octanol–water partition coefficient (Wildman–Crippen LogP) is 20.4. The highest BCUT2D eigenvalue weighted by Gasteiger charge is 2.18. The lowest BCUT2D eigenvalue weighted by Crippen LogP contribution is -2.20. The van der Waals surface area contributed by atoms with Gasteiger partial charge in [-0.1, -0.05) is 192 Å². The molecule has 0 aliphatic heterocycles. The van der Waals surface area contributed by atoms with Crippen molar-refractivity contribution >= 4 is 133 Å². The van der Waals surface area contributed by atoms with Crippen LogP contribution in [0.1, 0.15) is 22.3 Å². The number of pyridine rings is 4. The summed E-state index contributed by atoms with van der Waals surface area (Å²) in [4.78, 5) is 52.4. The molecule has 0 aliphatic rings. The Kier molecular flexibility index (Phi) is 16.8. The van der Waals surface area contributed by atoms with Crippen LogP contribution in [0.25, 0.3) is 109 Å². The van der Waals surface area contributed by atoms with E-state index in [2.05, 4.69) is 24.3 Å². The summed E-state index contributed by atoms with van der Waals surface area (Å²) in [6.45, 7) is 7.88. The Hall–Kier alpha value is -10.3. The van der Waals surface area contributed by atoms with Gasteiger partial charge in [-0.15, -0.1) is 0 Å². The maximum absolute atomic E-state index is 13.1. The van der Waals surface area contributed by atoms with Crippen LogP contribution in [0.3, 0.4) is 0 Å². The number of nitrogens with zero attached hydrogens (tertiary/aromatic N) is 4. The van der Waals surface area contributed by atoms with Crippen molar-refractivity contribution in [1.82, 2.24) is 18.3 Å². The van der Waals surface area contributed by atoms with Crippen LogP contribution in [0.2, 0.25) is 20.1 Å². The fourth-order valence-electron chi connectivity index (χ4n) is 12.6. The smallest absolute Gasteiger partial charge is 0.263 e. The Morgan fingerprint density at radius 3 is 0.554 bits per heavy atom. The Bertz CT molecular complexity index is 5170. The molecule has 0 saturated heterocycles. The highest BCUT2D eigenvalue weighted by molar-refractivity contribution is 6.31. The van der Waals surface area contributed by atoms with Gasteiger partial charge in [0, 0.05) is 63.2 Å². The summed E-state index contributed by atoms with van der Waals surface area (Å²) in [6, 6.07) is 85.4. The van der Waals surface area contributed by atoms with Crippen molar-refractivity contribution in [3.63, 3.8) is 0 Å². The molecule has 4 aromatic heterocycles. The molecule has 12 aromatic carbocycles. The first-order chi connectivity index (χ1) is 44.7. The molecule has 0 fully saturated rings. The molecule has 4 heterocycles. The summed E-state index contributed by atoms with van der Waals surface area (Å²) < 4.78 is 7.12. The van der Waals surface area contributed by atoms with E-state index in [0.29, 0.717) is 20.1 Å². The van der Waals surface area contributed by atoms with Gasteiger partial charge in [-0.05, 0) is 193 Å². The van der Waals surface area contributed by atoms with Crippen LogP contribution in [-0.4, -0.2) is 18.3 Å². The van der Waals surface area contributed by atoms with E-state index in [1.165, 1.54) is 0 Å². The Morgan fingerprint density at radius 1 is 0.207 bits per heavy atom. The fourth-order valence-corrected chi connectivity index (χ4v) is 13.5. The SMILES string of the molecule is Cc1cc(Cl)ccc1-n1c(=O)c2ccccc2c2ccccc21.Cc1cc(Cl)ccc1-n1c(=O)c2ccccc2c2ccccc21.Cc1cc(Cl)ccc1-n1c(=O)c2ccccc2c2ccccc21.Cc1cc(Cl)ccc1-n1c(=O)c2ccccc2c2ccccc21. The van der Waals surface area contributed by atoms with Crippen LogP contribution in [0.5, 0.6) is 0 Å². The lowest BCUT2D eigenvalue weighted by Gasteiger charge is -2.15. The lowest BCUT2D eigenvalue weighted by molar-refractivity contribution is 1.04. The molecular formula is C80H56Cl4N4O4. The topological polar surface area (TPSA) is 88.0 Å². The fraction of sp³-hybridized carbons (Fsp3) is 0.0500. The number of halogens is 4. The molecule has 0 amide bonds. The molecule has 0 bridgehead atoms. The second-order valence-electron chi connectivity index (χ2n) is 22.5. The summed E-state index contributed by atoms with van der Waals surface area (Å²) in [5, 5.41) is 13.8. The maximum Gasteiger partial charge on any atom is 0.263 e. The monoisotopic (exact) mass is 1280 g/mol. The first-order valence-corrected chi connectivity index (χ1v) is 31.3. The van der Waals surface area contributed by atoms with Gasteiger partial charge in [0.1, 0.15) is 0 Å². The van der Waals surface area contributed by atoms with Gasteiger partial charge < -0.3 is 0 Å². The summed E-state index contributed by atoms with van der Waals surface area (Å²) in [5.74, 6) is 0. The van der Waals surface area contributed by atoms with Gasteiger partial charge in [-0.2, -0.15) is 0 Å². The van der Waals surface area contributed by atoms with Gasteiger partial charge in [0.15, 0.2) is 0 Å². The largest absolute Gasteiger partial charge is 0.276 e. The summed E-state index contributed by atoms with van der Waals surface area (Å²) >= 11 is 24.3. The minimum atomic E-state index is -0.00952. The van der Waals surface area contributed by atoms with Crippen LogP contribution in [0.4, 0.5) is 0 Å². The second kappa shape index (κ2) is 25.5. The highest BCUT2D eigenvalue weighted by atomic mass is 35.5. The molecule has 92 heavy (non-hydrogen) atoms. The zero-order chi connectivity index (χ0) is 63.9. The third kappa shape index (κ3) is 11.2. The molecule has 0 spiro atoms. The number of fused-ring (bicyclic) bond motifs is 12. The number of rotatable bonds is 4. The minimum Gasteiger partial charge on any atom is -0.276 e. The molecule has 0 N–H and O–H groups in total. The standard InChI is InChI=1S/4C20H14ClNO/c4*1-13-12-14(21)10-11-18(13)22-19-9-5-4-7-16(19)15-6-2-3-8-17(15)20(22)23/h4*2-12H,1H3. The molecule has 0 radical (unpaired) electrons. The van der Waals surface area contributed by atoms with Gasteiger partial charge in [0.2, 0.25) is 0 Å². The number of aromatic nitrogens is 4. The number of benzene rings is 12. The minimum absolute atomic E-state index is 0.00952. The Morgan fingerprint density at radius 2 is 0.370 bits per heavy atom. The molecule has 0 saturated carbocycles. The number of hydrogen-bond acceptors (Lipinski definition) is 4. The average molecular weight is 1280 g/mol. The van der Waals surface area contributed by atoms with E-state index in [1.807, 2.05) is 270 Å². The zero-order valence-electron chi connectivity index (χ0n) is 50.3. The molecule has 448 valence electrons. The van der Waals surface area contributed by atoms with Gasteiger partial charge in [-0.25, -0.2) is 0 Å². The first kappa shape index (κ1) is 60.6. The van der Waals surface area contributed by atoms with Crippen molar-refractivity contribution < 1.29 is 0 Å². The first-order valence-electron chi connectivity index (χ1n) is 29.8. The normalized spacial score (nSPS) is 11.2. The van der Waals surface area contributed by atoms with Crippen LogP contribution < -0.4 is 22.2 Å². The number of hydrogen-bond donors (Lipinski definition) is 0. The van der Waals surface area contributed by atoms with Crippen molar-refractivity contribution in [1.29, 1.82) is 0 Å². The van der Waals surface area contributed by atoms with Gasteiger partial charge in [0.05, 0.1) is 44.8 Å². The van der Waals surface area contributed by atoms with Crippen LogP contribution >= 0.6 is 46.4 Å². The second-order valence-corrected chi connectivity index (χ2v) is 24.3. The van der Waals surface area contributed by atoms with Crippen molar-refractivity contribution in [3.05, 3.63) is 351 Å². The Labute approximate surface area is 548 Å². The van der Waals surface area contributed by atoms with Crippen molar-refractivity contribution in [2.24, 2.45) is 0 Å². The molecule has 16 rings (SSSR count). The van der Waals surface area contributed by atoms with E-state index in [1.54, 1.807) is 18.3 Å². The van der Waals surface area contributed by atoms with E-state index in [0.717, 1.165) is 132 Å². The van der Waals surface area contributed by atoms with Gasteiger partial charge >= 0.3 is 0 Å². The van der Waals surface area contributed by atoms with Gasteiger partial charge in [0.25, 0.3) is 22.2 Å². The lowest BCUT2D eigenvalue weighted by atomic mass is 10.1. The van der Waals surface area contributed by atoms with Crippen LogP contribution in [0.15, 0.2) is 286 Å². The number of aryl methyl sites for hydroxylation is 4.